The minimum atomic E-state index is -0.346. The van der Waals surface area contributed by atoms with Crippen molar-refractivity contribution in [1.82, 2.24) is 14.2 Å². The standard InChI is InChI=1S/C23H22Cl2N4O2S.ClH.H2O/c24-16-7-8-17(25)20-19(16)22(30)29(23(20)31)10-4-3-9-27-11-13-28(14-12-27)21-15-5-1-2-6-18(15)32-26-21;;/h1-2,5-8H,3-4,9-14H2;1H;1H2. The number of nitrogens with zero attached hydrogens (tertiary/aromatic N) is 4. The number of fused-ring (bicyclic) bond motifs is 2. The number of halogens is 3. The van der Waals surface area contributed by atoms with Crippen LogP contribution in [-0.4, -0.2) is 70.7 Å². The van der Waals surface area contributed by atoms with Gasteiger partial charge in [0.15, 0.2) is 0 Å². The molecule has 0 aliphatic carbocycles. The van der Waals surface area contributed by atoms with Gasteiger partial charge in [-0.2, -0.15) is 4.37 Å². The highest BCUT2D eigenvalue weighted by molar-refractivity contribution is 7.13. The Labute approximate surface area is 218 Å². The minimum absolute atomic E-state index is 0. The number of aromatic nitrogens is 1. The summed E-state index contributed by atoms with van der Waals surface area (Å²) in [4.78, 5) is 31.4. The number of amides is 2. The van der Waals surface area contributed by atoms with Crippen molar-refractivity contribution in [2.75, 3.05) is 44.2 Å². The number of benzene rings is 2. The summed E-state index contributed by atoms with van der Waals surface area (Å²) in [5.74, 6) is 0.399. The zero-order valence-electron chi connectivity index (χ0n) is 18.3. The van der Waals surface area contributed by atoms with Crippen LogP contribution >= 0.6 is 47.1 Å². The van der Waals surface area contributed by atoms with Gasteiger partial charge in [-0.25, -0.2) is 0 Å². The van der Waals surface area contributed by atoms with Gasteiger partial charge < -0.3 is 10.4 Å². The summed E-state index contributed by atoms with van der Waals surface area (Å²) >= 11 is 13.8. The molecule has 0 saturated carbocycles. The normalized spacial score (nSPS) is 15.9. The average Bonchev–Trinajstić information content (AvgIpc) is 3.34. The van der Waals surface area contributed by atoms with Crippen LogP contribution in [0.3, 0.4) is 0 Å². The van der Waals surface area contributed by atoms with Crippen LogP contribution in [0, 0.1) is 0 Å². The van der Waals surface area contributed by atoms with E-state index < -0.39 is 0 Å². The SMILES string of the molecule is Cl.O.O=C1c2c(Cl)ccc(Cl)c2C(=O)N1CCCCN1CCN(c2nsc3ccccc23)CC1. The molecule has 3 heterocycles. The summed E-state index contributed by atoms with van der Waals surface area (Å²) in [6.45, 7) is 5.17. The van der Waals surface area contributed by atoms with Crippen molar-refractivity contribution in [3.05, 3.63) is 57.6 Å². The summed E-state index contributed by atoms with van der Waals surface area (Å²) in [6, 6.07) is 11.5. The number of hydrogen-bond acceptors (Lipinski definition) is 6. The molecule has 1 saturated heterocycles. The Kier molecular flexibility index (Phi) is 8.78. The van der Waals surface area contributed by atoms with E-state index in [9.17, 15) is 9.59 Å². The minimum Gasteiger partial charge on any atom is -0.412 e. The fourth-order valence-electron chi connectivity index (χ4n) is 4.42. The van der Waals surface area contributed by atoms with Crippen LogP contribution in [0.2, 0.25) is 10.0 Å². The van der Waals surface area contributed by atoms with Gasteiger partial charge in [0.1, 0.15) is 5.82 Å². The Morgan fingerprint density at radius 3 is 2.09 bits per heavy atom. The summed E-state index contributed by atoms with van der Waals surface area (Å²) in [5.41, 5.74) is 0.463. The Balaban J connectivity index is 0.00000162. The predicted octanol–water partition coefficient (Wildman–Crippen LogP) is 4.40. The third kappa shape index (κ3) is 4.89. The fourth-order valence-corrected chi connectivity index (χ4v) is 5.70. The molecule has 1 aromatic heterocycles. The molecule has 0 unspecified atom stereocenters. The quantitative estimate of drug-likeness (QED) is 0.340. The lowest BCUT2D eigenvalue weighted by Gasteiger charge is -2.35. The van der Waals surface area contributed by atoms with Crippen LogP contribution < -0.4 is 4.90 Å². The molecule has 182 valence electrons. The first-order valence-electron chi connectivity index (χ1n) is 10.7. The van der Waals surface area contributed by atoms with Crippen LogP contribution in [0.5, 0.6) is 0 Å². The Bertz CT molecular complexity index is 1160. The molecule has 2 aliphatic rings. The maximum Gasteiger partial charge on any atom is 0.263 e. The lowest BCUT2D eigenvalue weighted by molar-refractivity contribution is 0.0650. The summed E-state index contributed by atoms with van der Waals surface area (Å²) in [6.07, 6.45) is 1.66. The maximum atomic E-state index is 12.7. The number of hydrogen-bond donors (Lipinski definition) is 0. The number of unbranched alkanes of at least 4 members (excludes halogenated alkanes) is 1. The highest BCUT2D eigenvalue weighted by Crippen LogP contribution is 2.34. The Morgan fingerprint density at radius 1 is 0.853 bits per heavy atom. The highest BCUT2D eigenvalue weighted by Gasteiger charge is 2.38. The Hall–Kier alpha value is -1.94. The molecule has 0 bridgehead atoms. The number of piperazine rings is 1. The molecular weight excluding hydrogens is 519 g/mol. The summed E-state index contributed by atoms with van der Waals surface area (Å²) in [7, 11) is 0. The van der Waals surface area contributed by atoms with E-state index in [0.717, 1.165) is 51.4 Å². The van der Waals surface area contributed by atoms with Gasteiger partial charge in [0, 0.05) is 38.1 Å². The topological polar surface area (TPSA) is 88.2 Å². The lowest BCUT2D eigenvalue weighted by atomic mass is 10.1. The second-order valence-corrected chi connectivity index (χ2v) is 9.70. The average molecular weight is 544 g/mol. The molecule has 5 rings (SSSR count). The fraction of sp³-hybridized carbons (Fsp3) is 0.348. The molecule has 0 atom stereocenters. The van der Waals surface area contributed by atoms with E-state index in [2.05, 4.69) is 32.4 Å². The van der Waals surface area contributed by atoms with Crippen LogP contribution in [0.4, 0.5) is 5.82 Å². The van der Waals surface area contributed by atoms with E-state index in [4.69, 9.17) is 23.2 Å². The van der Waals surface area contributed by atoms with E-state index in [1.165, 1.54) is 15.0 Å². The van der Waals surface area contributed by atoms with Crippen LogP contribution in [0.25, 0.3) is 10.1 Å². The molecule has 0 spiro atoms. The van der Waals surface area contributed by atoms with Gasteiger partial charge in [0.2, 0.25) is 0 Å². The molecule has 2 amide bonds. The largest absolute Gasteiger partial charge is 0.412 e. The number of rotatable bonds is 6. The van der Waals surface area contributed by atoms with Crippen molar-refractivity contribution in [2.45, 2.75) is 12.8 Å². The van der Waals surface area contributed by atoms with Crippen LogP contribution in [-0.2, 0) is 0 Å². The van der Waals surface area contributed by atoms with E-state index in [1.54, 1.807) is 23.7 Å². The molecule has 2 aromatic carbocycles. The number of carbonyl (C=O) groups is 2. The first kappa shape index (κ1) is 26.7. The number of imide groups is 1. The van der Waals surface area contributed by atoms with Crippen LogP contribution in [0.15, 0.2) is 36.4 Å². The lowest BCUT2D eigenvalue weighted by Crippen LogP contribution is -2.46. The van der Waals surface area contributed by atoms with Gasteiger partial charge in [-0.1, -0.05) is 35.3 Å². The zero-order valence-corrected chi connectivity index (χ0v) is 21.4. The number of anilines is 1. The predicted molar refractivity (Wildman–Crippen MR) is 140 cm³/mol. The van der Waals surface area contributed by atoms with Crippen molar-refractivity contribution in [3.8, 4) is 0 Å². The third-order valence-corrected chi connectivity index (χ3v) is 7.60. The molecule has 2 aliphatic heterocycles. The van der Waals surface area contributed by atoms with Gasteiger partial charge in [-0.15, -0.1) is 12.4 Å². The second-order valence-electron chi connectivity index (χ2n) is 8.08. The van der Waals surface area contributed by atoms with Crippen LogP contribution in [0.1, 0.15) is 33.6 Å². The zero-order chi connectivity index (χ0) is 22.2. The van der Waals surface area contributed by atoms with E-state index in [-0.39, 0.29) is 50.9 Å². The maximum absolute atomic E-state index is 12.7. The Morgan fingerprint density at radius 2 is 1.44 bits per heavy atom. The summed E-state index contributed by atoms with van der Waals surface area (Å²) in [5, 5.41) is 1.78. The van der Waals surface area contributed by atoms with E-state index in [1.807, 2.05) is 6.07 Å². The molecule has 1 fully saturated rings. The van der Waals surface area contributed by atoms with Gasteiger partial charge in [0.05, 0.1) is 25.9 Å². The molecule has 11 heteroatoms. The summed E-state index contributed by atoms with van der Waals surface area (Å²) < 4.78 is 5.89. The second kappa shape index (κ2) is 11.2. The van der Waals surface area contributed by atoms with Crippen molar-refractivity contribution in [2.24, 2.45) is 0 Å². The van der Waals surface area contributed by atoms with Crippen molar-refractivity contribution < 1.29 is 15.1 Å². The molecule has 34 heavy (non-hydrogen) atoms. The third-order valence-electron chi connectivity index (χ3n) is 6.16. The highest BCUT2D eigenvalue weighted by atomic mass is 35.5. The monoisotopic (exact) mass is 542 g/mol. The van der Waals surface area contributed by atoms with Gasteiger partial charge in [-0.3, -0.25) is 19.4 Å². The molecular formula is C23H25Cl3N4O3S. The molecule has 2 N–H and O–H groups in total. The van der Waals surface area contributed by atoms with E-state index >= 15 is 0 Å². The molecule has 7 nitrogen and oxygen atoms in total. The molecule has 3 aromatic rings. The smallest absolute Gasteiger partial charge is 0.263 e. The number of carbonyl (C=O) groups excluding carboxylic acids is 2. The van der Waals surface area contributed by atoms with Crippen molar-refractivity contribution >= 4 is 74.9 Å². The van der Waals surface area contributed by atoms with Gasteiger partial charge >= 0.3 is 0 Å². The first-order chi connectivity index (χ1) is 15.5. The first-order valence-corrected chi connectivity index (χ1v) is 12.2. The van der Waals surface area contributed by atoms with Crippen molar-refractivity contribution in [3.63, 3.8) is 0 Å². The molecule has 0 radical (unpaired) electrons. The van der Waals surface area contributed by atoms with Crippen molar-refractivity contribution in [1.29, 1.82) is 0 Å². The van der Waals surface area contributed by atoms with Gasteiger partial charge in [0.25, 0.3) is 11.8 Å². The van der Waals surface area contributed by atoms with Gasteiger partial charge in [-0.05, 0) is 55.2 Å². The van der Waals surface area contributed by atoms with E-state index in [0.29, 0.717) is 6.54 Å².